The van der Waals surface area contributed by atoms with Crippen LogP contribution in [0.3, 0.4) is 0 Å². The average Bonchev–Trinajstić information content (AvgIpc) is 2.41. The molecule has 3 aromatic rings. The molecule has 0 amide bonds. The zero-order valence-electron chi connectivity index (χ0n) is 9.54. The van der Waals surface area contributed by atoms with Gasteiger partial charge in [-0.2, -0.15) is 0 Å². The summed E-state index contributed by atoms with van der Waals surface area (Å²) in [5, 5.41) is 11.2. The molecule has 0 aliphatic carbocycles. The predicted octanol–water partition coefficient (Wildman–Crippen LogP) is 2.35. The van der Waals surface area contributed by atoms with Crippen LogP contribution in [0.1, 0.15) is 0 Å². The predicted molar refractivity (Wildman–Crippen MR) is 71.5 cm³/mol. The van der Waals surface area contributed by atoms with Crippen LogP contribution in [-0.2, 0) is 0 Å². The van der Waals surface area contributed by atoms with E-state index in [0.717, 1.165) is 22.4 Å². The molecule has 18 heavy (non-hydrogen) atoms. The molecule has 1 heterocycles. The Bertz CT molecular complexity index is 678. The number of rotatable bonds is 2. The van der Waals surface area contributed by atoms with Gasteiger partial charge in [-0.3, -0.25) is 0 Å². The Kier molecular flexibility index (Phi) is 2.49. The molecule has 2 aromatic carbocycles. The molecule has 88 valence electrons. The first-order chi connectivity index (χ1) is 8.81. The second-order valence-electron chi connectivity index (χ2n) is 3.87. The number of nitrogens with two attached hydrogens (primary N) is 1. The number of benzene rings is 2. The number of hydrogen-bond donors (Lipinski definition) is 2. The average molecular weight is 237 g/mol. The van der Waals surface area contributed by atoms with Crippen LogP contribution >= 0.6 is 0 Å². The minimum atomic E-state index is 0.471. The Balaban J connectivity index is 1.92. The molecule has 0 radical (unpaired) electrons. The Hall–Kier alpha value is -2.69. The number of para-hydroxylation sites is 1. The SMILES string of the molecule is Nc1ccc(Nc2nnc3ccccc3n2)cc1. The molecule has 0 spiro atoms. The van der Waals surface area contributed by atoms with Gasteiger partial charge in [-0.15, -0.1) is 10.2 Å². The van der Waals surface area contributed by atoms with E-state index >= 15 is 0 Å². The van der Waals surface area contributed by atoms with Gasteiger partial charge in [-0.05, 0) is 36.4 Å². The lowest BCUT2D eigenvalue weighted by atomic mass is 10.3. The molecule has 0 aliphatic heterocycles. The van der Waals surface area contributed by atoms with Gasteiger partial charge in [0.1, 0.15) is 5.52 Å². The van der Waals surface area contributed by atoms with Gasteiger partial charge in [0.25, 0.3) is 0 Å². The van der Waals surface area contributed by atoms with E-state index in [9.17, 15) is 0 Å². The zero-order valence-corrected chi connectivity index (χ0v) is 9.54. The van der Waals surface area contributed by atoms with Crippen molar-refractivity contribution in [1.29, 1.82) is 0 Å². The van der Waals surface area contributed by atoms with Crippen molar-refractivity contribution in [3.05, 3.63) is 48.5 Å². The number of anilines is 3. The van der Waals surface area contributed by atoms with Crippen LogP contribution in [-0.4, -0.2) is 15.2 Å². The summed E-state index contributed by atoms with van der Waals surface area (Å²) in [5.41, 5.74) is 8.81. The fourth-order valence-electron chi connectivity index (χ4n) is 1.63. The molecule has 1 aromatic heterocycles. The summed E-state index contributed by atoms with van der Waals surface area (Å²) in [6.07, 6.45) is 0. The summed E-state index contributed by atoms with van der Waals surface area (Å²) in [6.45, 7) is 0. The lowest BCUT2D eigenvalue weighted by Crippen LogP contribution is -1.99. The van der Waals surface area contributed by atoms with Crippen molar-refractivity contribution in [3.8, 4) is 0 Å². The Labute approximate surface area is 104 Å². The summed E-state index contributed by atoms with van der Waals surface area (Å²) in [5.74, 6) is 0.471. The fraction of sp³-hybridized carbons (Fsp3) is 0. The quantitative estimate of drug-likeness (QED) is 0.669. The van der Waals surface area contributed by atoms with Crippen molar-refractivity contribution in [2.45, 2.75) is 0 Å². The molecule has 0 atom stereocenters. The van der Waals surface area contributed by atoms with E-state index in [2.05, 4.69) is 20.5 Å². The van der Waals surface area contributed by atoms with Crippen LogP contribution in [0.5, 0.6) is 0 Å². The number of hydrogen-bond acceptors (Lipinski definition) is 5. The van der Waals surface area contributed by atoms with Crippen molar-refractivity contribution in [2.75, 3.05) is 11.1 Å². The van der Waals surface area contributed by atoms with Crippen LogP contribution in [0.4, 0.5) is 17.3 Å². The lowest BCUT2D eigenvalue weighted by molar-refractivity contribution is 1.03. The molecule has 0 unspecified atom stereocenters. The maximum absolute atomic E-state index is 5.62. The van der Waals surface area contributed by atoms with E-state index in [-0.39, 0.29) is 0 Å². The van der Waals surface area contributed by atoms with Crippen molar-refractivity contribution >= 4 is 28.4 Å². The molecular formula is C13H11N5. The third kappa shape index (κ3) is 2.06. The van der Waals surface area contributed by atoms with Crippen LogP contribution in [0.25, 0.3) is 11.0 Å². The van der Waals surface area contributed by atoms with Crippen molar-refractivity contribution in [2.24, 2.45) is 0 Å². The molecule has 0 saturated carbocycles. The third-order valence-corrected chi connectivity index (χ3v) is 2.53. The van der Waals surface area contributed by atoms with Crippen LogP contribution in [0.15, 0.2) is 48.5 Å². The number of fused-ring (bicyclic) bond motifs is 1. The molecule has 0 aliphatic rings. The number of aromatic nitrogens is 3. The third-order valence-electron chi connectivity index (χ3n) is 2.53. The Morgan fingerprint density at radius 1 is 0.833 bits per heavy atom. The van der Waals surface area contributed by atoms with Gasteiger partial charge in [-0.1, -0.05) is 12.1 Å². The molecule has 0 fully saturated rings. The maximum Gasteiger partial charge on any atom is 0.247 e. The maximum atomic E-state index is 5.62. The first-order valence-electron chi connectivity index (χ1n) is 5.53. The van der Waals surface area contributed by atoms with Gasteiger partial charge in [0, 0.05) is 11.4 Å². The minimum absolute atomic E-state index is 0.471. The molecule has 0 saturated heterocycles. The van der Waals surface area contributed by atoms with Crippen molar-refractivity contribution < 1.29 is 0 Å². The molecule has 5 nitrogen and oxygen atoms in total. The lowest BCUT2D eigenvalue weighted by Gasteiger charge is -2.04. The molecule has 3 rings (SSSR count). The first-order valence-corrected chi connectivity index (χ1v) is 5.53. The highest BCUT2D eigenvalue weighted by Crippen LogP contribution is 2.15. The van der Waals surface area contributed by atoms with Gasteiger partial charge in [0.2, 0.25) is 5.95 Å². The van der Waals surface area contributed by atoms with Crippen molar-refractivity contribution in [1.82, 2.24) is 15.2 Å². The fourth-order valence-corrected chi connectivity index (χ4v) is 1.63. The number of nitrogens with zero attached hydrogens (tertiary/aromatic N) is 3. The smallest absolute Gasteiger partial charge is 0.247 e. The summed E-state index contributed by atoms with van der Waals surface area (Å²) in [7, 11) is 0. The highest BCUT2D eigenvalue weighted by molar-refractivity contribution is 5.74. The van der Waals surface area contributed by atoms with E-state index in [1.54, 1.807) is 0 Å². The second kappa shape index (κ2) is 4.29. The van der Waals surface area contributed by atoms with E-state index < -0.39 is 0 Å². The van der Waals surface area contributed by atoms with E-state index in [4.69, 9.17) is 5.73 Å². The van der Waals surface area contributed by atoms with Gasteiger partial charge >= 0.3 is 0 Å². The zero-order chi connectivity index (χ0) is 12.4. The van der Waals surface area contributed by atoms with E-state index in [0.29, 0.717) is 5.95 Å². The molecule has 0 bridgehead atoms. The highest BCUT2D eigenvalue weighted by atomic mass is 15.2. The Morgan fingerprint density at radius 3 is 2.33 bits per heavy atom. The topological polar surface area (TPSA) is 76.7 Å². The summed E-state index contributed by atoms with van der Waals surface area (Å²) >= 11 is 0. The number of nitrogens with one attached hydrogen (secondary N) is 1. The van der Waals surface area contributed by atoms with Crippen LogP contribution in [0.2, 0.25) is 0 Å². The van der Waals surface area contributed by atoms with Gasteiger partial charge < -0.3 is 11.1 Å². The highest BCUT2D eigenvalue weighted by Gasteiger charge is 2.01. The number of nitrogen functional groups attached to an aromatic ring is 1. The largest absolute Gasteiger partial charge is 0.399 e. The van der Waals surface area contributed by atoms with Crippen LogP contribution in [0, 0.1) is 0 Å². The van der Waals surface area contributed by atoms with E-state index in [1.807, 2.05) is 48.5 Å². The molecular weight excluding hydrogens is 226 g/mol. The van der Waals surface area contributed by atoms with E-state index in [1.165, 1.54) is 0 Å². The van der Waals surface area contributed by atoms with Gasteiger partial charge in [0.05, 0.1) is 5.52 Å². The molecule has 3 N–H and O–H groups in total. The van der Waals surface area contributed by atoms with Gasteiger partial charge in [0.15, 0.2) is 0 Å². The van der Waals surface area contributed by atoms with Crippen molar-refractivity contribution in [3.63, 3.8) is 0 Å². The Morgan fingerprint density at radius 2 is 1.56 bits per heavy atom. The normalized spacial score (nSPS) is 10.4. The standard InChI is InChI=1S/C13H11N5/c14-9-5-7-10(8-6-9)15-13-16-11-3-1-2-4-12(11)17-18-13/h1-8H,14H2,(H,15,16,18). The van der Waals surface area contributed by atoms with Gasteiger partial charge in [-0.25, -0.2) is 4.98 Å². The van der Waals surface area contributed by atoms with Crippen LogP contribution < -0.4 is 11.1 Å². The summed E-state index contributed by atoms with van der Waals surface area (Å²) in [6, 6.07) is 15.0. The monoisotopic (exact) mass is 237 g/mol. The molecule has 5 heteroatoms. The summed E-state index contributed by atoms with van der Waals surface area (Å²) < 4.78 is 0. The second-order valence-corrected chi connectivity index (χ2v) is 3.87. The minimum Gasteiger partial charge on any atom is -0.399 e. The summed E-state index contributed by atoms with van der Waals surface area (Å²) in [4.78, 5) is 4.38. The first kappa shape index (κ1) is 10.5.